The number of hydrogen-bond acceptors (Lipinski definition) is 3. The van der Waals surface area contributed by atoms with Crippen LogP contribution in [0.2, 0.25) is 0 Å². The van der Waals surface area contributed by atoms with E-state index in [0.717, 1.165) is 0 Å². The first-order chi connectivity index (χ1) is 9.09. The molecule has 0 saturated heterocycles. The van der Waals surface area contributed by atoms with E-state index < -0.39 is 41.5 Å². The van der Waals surface area contributed by atoms with Gasteiger partial charge < -0.3 is 10.1 Å². The third-order valence-corrected chi connectivity index (χ3v) is 2.29. The fourth-order valence-electron chi connectivity index (χ4n) is 1.30. The summed E-state index contributed by atoms with van der Waals surface area (Å²) >= 11 is 0. The van der Waals surface area contributed by atoms with E-state index in [4.69, 9.17) is 4.74 Å². The van der Waals surface area contributed by atoms with Crippen LogP contribution in [0.1, 0.15) is 34.6 Å². The van der Waals surface area contributed by atoms with Crippen molar-refractivity contribution in [2.24, 2.45) is 5.92 Å². The number of Topliss-reactive ketones (excluding diaryl/α,β-unsaturated/α-hetero) is 1. The number of halogens is 5. The van der Waals surface area contributed by atoms with Gasteiger partial charge in [-0.1, -0.05) is 13.8 Å². The van der Waals surface area contributed by atoms with Gasteiger partial charge in [-0.2, -0.15) is 22.0 Å². The molecule has 1 unspecified atom stereocenters. The largest absolute Gasteiger partial charge is 0.461 e. The predicted molar refractivity (Wildman–Crippen MR) is 64.0 cm³/mol. The van der Waals surface area contributed by atoms with Crippen LogP contribution in [0.15, 0.2) is 0 Å². The highest BCUT2D eigenvalue weighted by molar-refractivity contribution is 5.93. The molecule has 0 aliphatic carbocycles. The van der Waals surface area contributed by atoms with Crippen LogP contribution in [0.3, 0.4) is 0 Å². The Morgan fingerprint density at radius 3 is 1.71 bits per heavy atom. The lowest BCUT2D eigenvalue weighted by atomic mass is 9.95. The molecule has 0 aromatic heterocycles. The minimum absolute atomic E-state index is 0.974. The van der Waals surface area contributed by atoms with Crippen LogP contribution < -0.4 is 5.32 Å². The first-order valence-electron chi connectivity index (χ1n) is 6.08. The van der Waals surface area contributed by atoms with Crippen molar-refractivity contribution in [3.8, 4) is 0 Å². The van der Waals surface area contributed by atoms with Crippen molar-refractivity contribution in [2.75, 3.05) is 0 Å². The van der Waals surface area contributed by atoms with Gasteiger partial charge in [-0.05, 0) is 26.7 Å². The van der Waals surface area contributed by atoms with E-state index in [2.05, 4.69) is 0 Å². The second-order valence-electron chi connectivity index (χ2n) is 5.80. The molecule has 1 amide bonds. The minimum atomic E-state index is -6.02. The van der Waals surface area contributed by atoms with Gasteiger partial charge >= 0.3 is 18.2 Å². The highest BCUT2D eigenvalue weighted by Crippen LogP contribution is 2.37. The van der Waals surface area contributed by atoms with Gasteiger partial charge in [-0.3, -0.25) is 4.79 Å². The zero-order chi connectivity index (χ0) is 17.2. The van der Waals surface area contributed by atoms with E-state index in [-0.39, 0.29) is 0 Å². The summed E-state index contributed by atoms with van der Waals surface area (Å²) in [6.07, 6.45) is -7.26. The SMILES string of the molecule is CC(C)C(NC(=O)OC(C)(C)C)C(=O)C(F)(F)C(F)(F)F. The van der Waals surface area contributed by atoms with Crippen LogP contribution in [0.25, 0.3) is 0 Å². The first-order valence-corrected chi connectivity index (χ1v) is 6.08. The normalized spacial score (nSPS) is 14.8. The predicted octanol–water partition coefficient (Wildman–Crippen LogP) is 3.30. The van der Waals surface area contributed by atoms with Crippen LogP contribution in [-0.4, -0.2) is 35.6 Å². The number of alkyl halides is 5. The molecule has 4 nitrogen and oxygen atoms in total. The second-order valence-corrected chi connectivity index (χ2v) is 5.80. The van der Waals surface area contributed by atoms with Gasteiger partial charge in [0.15, 0.2) is 0 Å². The van der Waals surface area contributed by atoms with Crippen LogP contribution in [-0.2, 0) is 9.53 Å². The lowest BCUT2D eigenvalue weighted by Gasteiger charge is -2.28. The van der Waals surface area contributed by atoms with Crippen molar-refractivity contribution in [3.63, 3.8) is 0 Å². The fourth-order valence-corrected chi connectivity index (χ4v) is 1.30. The monoisotopic (exact) mass is 319 g/mol. The van der Waals surface area contributed by atoms with Gasteiger partial charge in [0.05, 0.1) is 6.04 Å². The Kier molecular flexibility index (Phi) is 5.73. The van der Waals surface area contributed by atoms with E-state index in [9.17, 15) is 31.5 Å². The minimum Gasteiger partial charge on any atom is -0.444 e. The third-order valence-electron chi connectivity index (χ3n) is 2.29. The standard InChI is InChI=1S/C12H18F5NO3/c1-6(2)7(18-9(20)21-10(3,4)5)8(19)11(13,14)12(15,16)17/h6-7H,1-5H3,(H,18,20). The van der Waals surface area contributed by atoms with Gasteiger partial charge in [-0.15, -0.1) is 0 Å². The van der Waals surface area contributed by atoms with Crippen molar-refractivity contribution < 1.29 is 36.3 Å². The molecule has 1 atom stereocenters. The van der Waals surface area contributed by atoms with Gasteiger partial charge in [0, 0.05) is 0 Å². The molecule has 0 aromatic rings. The van der Waals surface area contributed by atoms with Crippen LogP contribution in [0.5, 0.6) is 0 Å². The van der Waals surface area contributed by atoms with Crippen molar-refractivity contribution in [3.05, 3.63) is 0 Å². The maximum absolute atomic E-state index is 13.1. The zero-order valence-electron chi connectivity index (χ0n) is 12.3. The number of hydrogen-bond donors (Lipinski definition) is 1. The number of carbonyl (C=O) groups is 2. The highest BCUT2D eigenvalue weighted by atomic mass is 19.4. The molecular weight excluding hydrogens is 301 g/mol. The fraction of sp³-hybridized carbons (Fsp3) is 0.833. The van der Waals surface area contributed by atoms with Crippen LogP contribution in [0, 0.1) is 5.92 Å². The third kappa shape index (κ3) is 5.47. The van der Waals surface area contributed by atoms with E-state index in [1.54, 1.807) is 5.32 Å². The molecule has 21 heavy (non-hydrogen) atoms. The summed E-state index contributed by atoms with van der Waals surface area (Å²) in [5.41, 5.74) is -0.985. The van der Waals surface area contributed by atoms with E-state index in [0.29, 0.717) is 0 Å². The molecule has 0 saturated carbocycles. The maximum Gasteiger partial charge on any atom is 0.461 e. The Balaban J connectivity index is 5.18. The summed E-state index contributed by atoms with van der Waals surface area (Å²) < 4.78 is 67.5. The highest BCUT2D eigenvalue weighted by Gasteiger charge is 2.64. The molecule has 124 valence electrons. The van der Waals surface area contributed by atoms with E-state index in [1.165, 1.54) is 34.6 Å². The van der Waals surface area contributed by atoms with E-state index >= 15 is 0 Å². The summed E-state index contributed by atoms with van der Waals surface area (Å²) in [6.45, 7) is 6.88. The van der Waals surface area contributed by atoms with Crippen molar-refractivity contribution in [1.82, 2.24) is 5.32 Å². The summed E-state index contributed by atoms with van der Waals surface area (Å²) in [7, 11) is 0. The van der Waals surface area contributed by atoms with Crippen LogP contribution in [0.4, 0.5) is 26.7 Å². The molecule has 0 spiro atoms. The molecule has 1 N–H and O–H groups in total. The molecule has 0 heterocycles. The summed E-state index contributed by atoms with van der Waals surface area (Å²) in [4.78, 5) is 22.9. The Morgan fingerprint density at radius 2 is 1.43 bits per heavy atom. The summed E-state index contributed by atoms with van der Waals surface area (Å²) in [5.74, 6) is -8.94. The second kappa shape index (κ2) is 6.15. The molecule has 0 aliphatic rings. The van der Waals surface area contributed by atoms with Crippen LogP contribution >= 0.6 is 0 Å². The van der Waals surface area contributed by atoms with E-state index in [1.807, 2.05) is 0 Å². The Bertz CT molecular complexity index is 399. The average molecular weight is 319 g/mol. The number of alkyl carbamates (subject to hydrolysis) is 1. The number of amides is 1. The number of ketones is 1. The van der Waals surface area contributed by atoms with Gasteiger partial charge in [0.1, 0.15) is 5.60 Å². The number of ether oxygens (including phenoxy) is 1. The molecule has 0 radical (unpaired) electrons. The zero-order valence-corrected chi connectivity index (χ0v) is 12.3. The maximum atomic E-state index is 13.1. The number of nitrogens with one attached hydrogen (secondary N) is 1. The lowest BCUT2D eigenvalue weighted by molar-refractivity contribution is -0.269. The number of rotatable bonds is 4. The van der Waals surface area contributed by atoms with Crippen molar-refractivity contribution in [1.29, 1.82) is 0 Å². The van der Waals surface area contributed by atoms with Crippen molar-refractivity contribution >= 4 is 11.9 Å². The molecule has 0 aliphatic heterocycles. The topological polar surface area (TPSA) is 55.4 Å². The quantitative estimate of drug-likeness (QED) is 0.809. The lowest BCUT2D eigenvalue weighted by Crippen LogP contribution is -2.56. The molecule has 0 aromatic carbocycles. The summed E-state index contributed by atoms with van der Waals surface area (Å²) in [6, 6.07) is -2.02. The molecule has 0 fully saturated rings. The average Bonchev–Trinajstić information content (AvgIpc) is 2.20. The molecule has 9 heteroatoms. The number of carbonyl (C=O) groups excluding carboxylic acids is 2. The smallest absolute Gasteiger partial charge is 0.444 e. The molecular formula is C12H18F5NO3. The van der Waals surface area contributed by atoms with Gasteiger partial charge in [0.2, 0.25) is 5.78 Å². The Hall–Kier alpha value is -1.41. The molecule has 0 rings (SSSR count). The Labute approximate surface area is 119 Å². The first kappa shape index (κ1) is 19.6. The summed E-state index contributed by atoms with van der Waals surface area (Å²) in [5, 5.41) is 1.76. The van der Waals surface area contributed by atoms with Gasteiger partial charge in [-0.25, -0.2) is 4.79 Å². The van der Waals surface area contributed by atoms with Gasteiger partial charge in [0.25, 0.3) is 0 Å². The van der Waals surface area contributed by atoms with Crippen molar-refractivity contribution in [2.45, 2.75) is 58.4 Å². The molecule has 0 bridgehead atoms. The Morgan fingerprint density at radius 1 is 1.00 bits per heavy atom.